The van der Waals surface area contributed by atoms with Gasteiger partial charge in [0.25, 0.3) is 5.91 Å². The van der Waals surface area contributed by atoms with Gasteiger partial charge < -0.3 is 10.1 Å². The van der Waals surface area contributed by atoms with Crippen molar-refractivity contribution in [3.05, 3.63) is 0 Å². The number of alkyl halides is 15. The molecule has 1 amide bonds. The first kappa shape index (κ1) is 40.9. The molecule has 0 heterocycles. The third-order valence-corrected chi connectivity index (χ3v) is 6.27. The van der Waals surface area contributed by atoms with Crippen molar-refractivity contribution in [2.75, 3.05) is 6.61 Å². The van der Waals surface area contributed by atoms with E-state index in [1.54, 1.807) is 0 Å². The van der Waals surface area contributed by atoms with Crippen LogP contribution in [0.25, 0.3) is 0 Å². The van der Waals surface area contributed by atoms with E-state index in [1.807, 2.05) is 6.92 Å². The van der Waals surface area contributed by atoms with E-state index in [-0.39, 0.29) is 19.4 Å². The van der Waals surface area contributed by atoms with Gasteiger partial charge in [-0.05, 0) is 12.8 Å². The summed E-state index contributed by atoms with van der Waals surface area (Å²) >= 11 is 0. The summed E-state index contributed by atoms with van der Waals surface area (Å²) in [4.78, 5) is 23.9. The van der Waals surface area contributed by atoms with E-state index < -0.39 is 66.1 Å². The molecule has 0 saturated carbocycles. The molecule has 0 bridgehead atoms. The van der Waals surface area contributed by atoms with E-state index in [1.165, 1.54) is 6.92 Å². The maximum absolute atomic E-state index is 14.1. The largest absolute Gasteiger partial charge is 0.464 e. The molecule has 0 rings (SSSR count). The highest BCUT2D eigenvalue weighted by Gasteiger charge is 2.94. The second-order valence-corrected chi connectivity index (χ2v) is 9.75. The van der Waals surface area contributed by atoms with E-state index in [2.05, 4.69) is 0 Å². The van der Waals surface area contributed by atoms with Gasteiger partial charge in [0.15, 0.2) is 0 Å². The van der Waals surface area contributed by atoms with Crippen LogP contribution < -0.4 is 5.32 Å². The number of amides is 1. The van der Waals surface area contributed by atoms with Crippen LogP contribution in [0.1, 0.15) is 84.5 Å². The number of carbonyl (C=O) groups excluding carboxylic acids is 2. The Morgan fingerprint density at radius 1 is 0.558 bits per heavy atom. The van der Waals surface area contributed by atoms with Gasteiger partial charge in [-0.15, -0.1) is 0 Å². The molecular weight excluding hydrogens is 635 g/mol. The fraction of sp³-hybridized carbons (Fsp3) is 0.917. The van der Waals surface area contributed by atoms with Crippen molar-refractivity contribution >= 4 is 11.9 Å². The van der Waals surface area contributed by atoms with E-state index in [9.17, 15) is 75.4 Å². The van der Waals surface area contributed by atoms with Gasteiger partial charge in [-0.2, -0.15) is 65.9 Å². The minimum absolute atomic E-state index is 0.187. The van der Waals surface area contributed by atoms with Crippen LogP contribution in [0.15, 0.2) is 0 Å². The second-order valence-electron chi connectivity index (χ2n) is 9.75. The van der Waals surface area contributed by atoms with Crippen LogP contribution in [0.5, 0.6) is 0 Å². The molecule has 0 radical (unpaired) electrons. The predicted molar refractivity (Wildman–Crippen MR) is 121 cm³/mol. The Hall–Kier alpha value is -2.11. The molecule has 0 aliphatic rings. The molecule has 0 aromatic heterocycles. The molecule has 1 unspecified atom stereocenters. The Morgan fingerprint density at radius 2 is 0.953 bits per heavy atom. The van der Waals surface area contributed by atoms with E-state index in [0.29, 0.717) is 12.8 Å². The van der Waals surface area contributed by atoms with Crippen LogP contribution in [-0.2, 0) is 14.3 Å². The van der Waals surface area contributed by atoms with Gasteiger partial charge in [0.1, 0.15) is 6.04 Å². The van der Waals surface area contributed by atoms with Crippen molar-refractivity contribution in [1.29, 1.82) is 0 Å². The fourth-order valence-corrected chi connectivity index (χ4v) is 3.58. The van der Waals surface area contributed by atoms with Crippen LogP contribution in [0, 0.1) is 0 Å². The zero-order valence-corrected chi connectivity index (χ0v) is 23.0. The minimum Gasteiger partial charge on any atom is -0.464 e. The number of nitrogens with one attached hydrogen (secondary N) is 1. The van der Waals surface area contributed by atoms with Crippen molar-refractivity contribution in [2.45, 2.75) is 132 Å². The molecule has 256 valence electrons. The number of hydrogen-bond acceptors (Lipinski definition) is 3. The number of hydrogen-bond donors (Lipinski definition) is 1. The molecule has 1 atom stereocenters. The summed E-state index contributed by atoms with van der Waals surface area (Å²) in [5.41, 5.74) is 0. The molecule has 0 aromatic rings. The van der Waals surface area contributed by atoms with Crippen molar-refractivity contribution in [1.82, 2.24) is 5.32 Å². The van der Waals surface area contributed by atoms with E-state index in [0.717, 1.165) is 43.8 Å². The van der Waals surface area contributed by atoms with Crippen molar-refractivity contribution in [3.8, 4) is 0 Å². The highest BCUT2D eigenvalue weighted by molar-refractivity contribution is 5.89. The number of esters is 1. The summed E-state index contributed by atoms with van der Waals surface area (Å²) in [6.07, 6.45) is -1.13. The van der Waals surface area contributed by atoms with Gasteiger partial charge in [-0.25, -0.2) is 4.79 Å². The number of rotatable bonds is 20. The number of carbonyl (C=O) groups is 2. The third kappa shape index (κ3) is 8.75. The molecule has 4 nitrogen and oxygen atoms in total. The second kappa shape index (κ2) is 15.3. The van der Waals surface area contributed by atoms with Gasteiger partial charge >= 0.3 is 47.7 Å². The first-order valence-corrected chi connectivity index (χ1v) is 13.1. The molecular formula is C24H32F15NO3. The first-order valence-electron chi connectivity index (χ1n) is 13.1. The smallest absolute Gasteiger partial charge is 0.460 e. The number of halogens is 15. The summed E-state index contributed by atoms with van der Waals surface area (Å²) in [6, 6.07) is -2.28. The highest BCUT2D eigenvalue weighted by atomic mass is 19.4. The third-order valence-electron chi connectivity index (χ3n) is 6.27. The first-order chi connectivity index (χ1) is 19.3. The molecule has 0 saturated heterocycles. The molecule has 0 aromatic carbocycles. The molecule has 0 fully saturated rings. The summed E-state index contributed by atoms with van der Waals surface area (Å²) in [7, 11) is 0. The maximum atomic E-state index is 14.1. The van der Waals surface area contributed by atoms with Gasteiger partial charge in [0.05, 0.1) is 6.61 Å². The van der Waals surface area contributed by atoms with Gasteiger partial charge in [-0.1, -0.05) is 71.6 Å². The lowest BCUT2D eigenvalue weighted by molar-refractivity contribution is -0.449. The van der Waals surface area contributed by atoms with E-state index >= 15 is 0 Å². The average molecular weight is 667 g/mol. The SMILES string of the molecule is CCCCCCCCCCCOC(=O)C(CCC)NC(=O)C(F)(F)C(F)(F)C(F)(F)C(F)(F)C(F)(F)C(F)(F)C(F)(F)F. The van der Waals surface area contributed by atoms with Gasteiger partial charge in [0, 0.05) is 0 Å². The van der Waals surface area contributed by atoms with Crippen LogP contribution in [0.3, 0.4) is 0 Å². The molecule has 43 heavy (non-hydrogen) atoms. The van der Waals surface area contributed by atoms with Crippen LogP contribution >= 0.6 is 0 Å². The predicted octanol–water partition coefficient (Wildman–Crippen LogP) is 8.72. The number of ether oxygens (including phenoxy) is 1. The summed E-state index contributed by atoms with van der Waals surface area (Å²) < 4.78 is 205. The fourth-order valence-electron chi connectivity index (χ4n) is 3.58. The summed E-state index contributed by atoms with van der Waals surface area (Å²) in [5.74, 6) is -53.8. The Labute approximate surface area is 237 Å². The Kier molecular flexibility index (Phi) is 14.5. The summed E-state index contributed by atoms with van der Waals surface area (Å²) in [6.45, 7) is 2.92. The standard InChI is InChI=1S/C24H32F15NO3/c1-3-5-6-7-8-9-10-11-12-14-43-16(41)15(13-4-2)40-17(42)18(25,26)19(27,28)20(29,30)21(31,32)22(33,34)23(35,36)24(37,38)39/h15H,3-14H2,1-2H3,(H,40,42). The molecule has 1 N–H and O–H groups in total. The summed E-state index contributed by atoms with van der Waals surface area (Å²) in [5, 5.41) is 0.829. The quantitative estimate of drug-likeness (QED) is 0.0803. The van der Waals surface area contributed by atoms with Gasteiger partial charge in [0.2, 0.25) is 0 Å². The Bertz CT molecular complexity index is 892. The van der Waals surface area contributed by atoms with Crippen molar-refractivity contribution in [3.63, 3.8) is 0 Å². The van der Waals surface area contributed by atoms with Crippen molar-refractivity contribution < 1.29 is 80.2 Å². The van der Waals surface area contributed by atoms with Crippen LogP contribution in [-0.4, -0.2) is 66.2 Å². The normalized spacial score (nSPS) is 14.9. The molecule has 0 aliphatic carbocycles. The zero-order valence-electron chi connectivity index (χ0n) is 23.0. The highest BCUT2D eigenvalue weighted by Crippen LogP contribution is 2.62. The monoisotopic (exact) mass is 667 g/mol. The lowest BCUT2D eigenvalue weighted by atomic mass is 9.90. The van der Waals surface area contributed by atoms with Gasteiger partial charge in [-0.3, -0.25) is 4.79 Å². The molecule has 19 heteroatoms. The van der Waals surface area contributed by atoms with Crippen LogP contribution in [0.2, 0.25) is 0 Å². The number of unbranched alkanes of at least 4 members (excludes halogenated alkanes) is 8. The van der Waals surface area contributed by atoms with E-state index in [4.69, 9.17) is 4.74 Å². The minimum atomic E-state index is -8.51. The lowest BCUT2D eigenvalue weighted by Crippen LogP contribution is -2.74. The van der Waals surface area contributed by atoms with Crippen molar-refractivity contribution in [2.24, 2.45) is 0 Å². The lowest BCUT2D eigenvalue weighted by Gasteiger charge is -2.41. The van der Waals surface area contributed by atoms with Crippen LogP contribution in [0.4, 0.5) is 65.9 Å². The Morgan fingerprint density at radius 3 is 1.37 bits per heavy atom. The zero-order chi connectivity index (χ0) is 34.1. The molecule has 0 spiro atoms. The average Bonchev–Trinajstić information content (AvgIpc) is 2.87. The topological polar surface area (TPSA) is 55.4 Å². The molecule has 0 aliphatic heterocycles. The Balaban J connectivity index is 5.63. The maximum Gasteiger partial charge on any atom is 0.460 e.